The molecule has 1 saturated heterocycles. The molecule has 3 aliphatic rings. The fraction of sp³-hybridized carbons (Fsp3) is 0.800. The zero-order valence-electron chi connectivity index (χ0n) is 8.27. The van der Waals surface area contributed by atoms with Gasteiger partial charge in [0.05, 0.1) is 6.10 Å². The summed E-state index contributed by atoms with van der Waals surface area (Å²) in [6, 6.07) is 0. The SMILES string of the molecule is CN(C)C(=O)CC1C2C(=O)C3OC3C12. The summed E-state index contributed by atoms with van der Waals surface area (Å²) >= 11 is 0. The van der Waals surface area contributed by atoms with E-state index in [9.17, 15) is 9.59 Å². The van der Waals surface area contributed by atoms with Crippen LogP contribution in [0.1, 0.15) is 6.42 Å². The van der Waals surface area contributed by atoms with Crippen molar-refractivity contribution in [1.82, 2.24) is 4.90 Å². The van der Waals surface area contributed by atoms with E-state index in [-0.39, 0.29) is 35.7 Å². The maximum absolute atomic E-state index is 11.5. The summed E-state index contributed by atoms with van der Waals surface area (Å²) in [5.41, 5.74) is 0. The number of hydrogen-bond acceptors (Lipinski definition) is 3. The van der Waals surface area contributed by atoms with Gasteiger partial charge in [0.2, 0.25) is 5.91 Å². The third-order valence-electron chi connectivity index (χ3n) is 3.65. The lowest BCUT2D eigenvalue weighted by Gasteiger charge is -2.09. The van der Waals surface area contributed by atoms with Crippen molar-refractivity contribution in [3.8, 4) is 0 Å². The molecule has 0 aromatic rings. The van der Waals surface area contributed by atoms with Crippen molar-refractivity contribution in [2.45, 2.75) is 18.6 Å². The quantitative estimate of drug-likeness (QED) is 0.567. The highest BCUT2D eigenvalue weighted by molar-refractivity contribution is 5.96. The van der Waals surface area contributed by atoms with Crippen LogP contribution in [-0.4, -0.2) is 42.9 Å². The van der Waals surface area contributed by atoms with Crippen LogP contribution in [0, 0.1) is 17.8 Å². The molecule has 1 heterocycles. The topological polar surface area (TPSA) is 49.9 Å². The second-order valence-corrected chi connectivity index (χ2v) is 4.68. The molecule has 0 N–H and O–H groups in total. The minimum Gasteiger partial charge on any atom is -0.361 e. The first-order chi connectivity index (χ1) is 6.61. The van der Waals surface area contributed by atoms with Gasteiger partial charge in [-0.2, -0.15) is 0 Å². The van der Waals surface area contributed by atoms with Crippen LogP contribution in [0.4, 0.5) is 0 Å². The summed E-state index contributed by atoms with van der Waals surface area (Å²) in [6.07, 6.45) is 0.601. The number of amides is 1. The molecule has 3 rings (SSSR count). The summed E-state index contributed by atoms with van der Waals surface area (Å²) in [6.45, 7) is 0. The van der Waals surface area contributed by atoms with Crippen molar-refractivity contribution < 1.29 is 14.3 Å². The molecule has 3 fully saturated rings. The molecule has 5 unspecified atom stereocenters. The Labute approximate surface area is 82.2 Å². The van der Waals surface area contributed by atoms with Crippen molar-refractivity contribution >= 4 is 11.7 Å². The first-order valence-electron chi connectivity index (χ1n) is 5.00. The van der Waals surface area contributed by atoms with Crippen molar-refractivity contribution in [2.75, 3.05) is 14.1 Å². The average Bonchev–Trinajstić information content (AvgIpc) is 2.93. The Balaban J connectivity index is 1.64. The fourth-order valence-electron chi connectivity index (χ4n) is 2.73. The molecule has 0 spiro atoms. The summed E-state index contributed by atoms with van der Waals surface area (Å²) in [5, 5.41) is 0. The van der Waals surface area contributed by atoms with Crippen LogP contribution in [0.3, 0.4) is 0 Å². The molecule has 0 bridgehead atoms. The van der Waals surface area contributed by atoms with E-state index in [4.69, 9.17) is 4.74 Å². The number of rotatable bonds is 2. The highest BCUT2D eigenvalue weighted by Crippen LogP contribution is 2.64. The van der Waals surface area contributed by atoms with E-state index < -0.39 is 0 Å². The number of ether oxygens (including phenoxy) is 1. The largest absolute Gasteiger partial charge is 0.361 e. The van der Waals surface area contributed by atoms with Gasteiger partial charge in [-0.1, -0.05) is 0 Å². The van der Waals surface area contributed by atoms with Crippen molar-refractivity contribution in [2.24, 2.45) is 17.8 Å². The molecule has 0 aromatic heterocycles. The second kappa shape index (κ2) is 2.37. The number of epoxide rings is 1. The molecule has 0 aromatic carbocycles. The predicted molar refractivity (Wildman–Crippen MR) is 47.4 cm³/mol. The van der Waals surface area contributed by atoms with Gasteiger partial charge in [0.1, 0.15) is 6.10 Å². The van der Waals surface area contributed by atoms with E-state index in [2.05, 4.69) is 0 Å². The van der Waals surface area contributed by atoms with Gasteiger partial charge in [-0.05, 0) is 5.92 Å². The van der Waals surface area contributed by atoms with Crippen LogP contribution >= 0.6 is 0 Å². The molecular formula is C10H13NO3. The Hall–Kier alpha value is -0.900. The van der Waals surface area contributed by atoms with Gasteiger partial charge in [-0.3, -0.25) is 9.59 Å². The van der Waals surface area contributed by atoms with Crippen LogP contribution in [0.15, 0.2) is 0 Å². The smallest absolute Gasteiger partial charge is 0.222 e. The normalized spacial score (nSPS) is 47.0. The number of ketones is 1. The molecule has 5 atom stereocenters. The molecule has 4 heteroatoms. The zero-order valence-corrected chi connectivity index (χ0v) is 8.27. The Bertz CT molecular complexity index is 325. The van der Waals surface area contributed by atoms with E-state index in [0.717, 1.165) is 0 Å². The van der Waals surface area contributed by atoms with E-state index in [0.29, 0.717) is 12.3 Å². The Morgan fingerprint density at radius 1 is 1.50 bits per heavy atom. The number of fused-ring (bicyclic) bond motifs is 3. The lowest BCUT2D eigenvalue weighted by Crippen LogP contribution is -2.23. The fourth-order valence-corrected chi connectivity index (χ4v) is 2.73. The maximum Gasteiger partial charge on any atom is 0.222 e. The van der Waals surface area contributed by atoms with E-state index in [1.807, 2.05) is 0 Å². The van der Waals surface area contributed by atoms with Crippen molar-refractivity contribution in [3.05, 3.63) is 0 Å². The third-order valence-corrected chi connectivity index (χ3v) is 3.65. The first kappa shape index (κ1) is 8.41. The minimum atomic E-state index is -0.0873. The lowest BCUT2D eigenvalue weighted by molar-refractivity contribution is -0.129. The number of hydrogen-bond donors (Lipinski definition) is 0. The lowest BCUT2D eigenvalue weighted by atomic mass is 10.1. The summed E-state index contributed by atoms with van der Waals surface area (Å²) in [5.74, 6) is 1.17. The summed E-state index contributed by atoms with van der Waals surface area (Å²) < 4.78 is 5.22. The highest BCUT2D eigenvalue weighted by Gasteiger charge is 2.75. The monoisotopic (exact) mass is 195 g/mol. The summed E-state index contributed by atoms with van der Waals surface area (Å²) in [4.78, 5) is 24.5. The molecule has 1 aliphatic heterocycles. The minimum absolute atomic E-state index is 0.0873. The molecule has 0 radical (unpaired) electrons. The maximum atomic E-state index is 11.5. The van der Waals surface area contributed by atoms with Gasteiger partial charge in [-0.25, -0.2) is 0 Å². The zero-order chi connectivity index (χ0) is 10.0. The van der Waals surface area contributed by atoms with Crippen LogP contribution in [0.2, 0.25) is 0 Å². The number of carbonyl (C=O) groups is 2. The highest BCUT2D eigenvalue weighted by atomic mass is 16.6. The molecule has 4 nitrogen and oxygen atoms in total. The van der Waals surface area contributed by atoms with E-state index >= 15 is 0 Å². The van der Waals surface area contributed by atoms with Gasteiger partial charge in [-0.15, -0.1) is 0 Å². The van der Waals surface area contributed by atoms with Crippen LogP contribution in [-0.2, 0) is 14.3 Å². The molecular weight excluding hydrogens is 182 g/mol. The van der Waals surface area contributed by atoms with E-state index in [1.165, 1.54) is 0 Å². The first-order valence-corrected chi connectivity index (χ1v) is 5.00. The molecule has 1 amide bonds. The van der Waals surface area contributed by atoms with Crippen LogP contribution in [0.25, 0.3) is 0 Å². The standard InChI is InChI=1S/C10H13NO3/c1-11(2)5(12)3-4-6-7(4)9-10(14-9)8(6)13/h4,6-7,9-10H,3H2,1-2H3. The van der Waals surface area contributed by atoms with Crippen molar-refractivity contribution in [3.63, 3.8) is 0 Å². The number of Topliss-reactive ketones (excluding diaryl/α,β-unsaturated/α-hetero) is 1. The van der Waals surface area contributed by atoms with Crippen LogP contribution < -0.4 is 0 Å². The van der Waals surface area contributed by atoms with Crippen LogP contribution in [0.5, 0.6) is 0 Å². The molecule has 2 saturated carbocycles. The van der Waals surface area contributed by atoms with Gasteiger partial charge >= 0.3 is 0 Å². The van der Waals surface area contributed by atoms with E-state index in [1.54, 1.807) is 19.0 Å². The third kappa shape index (κ3) is 0.919. The number of nitrogens with zero attached hydrogens (tertiary/aromatic N) is 1. The molecule has 76 valence electrons. The van der Waals surface area contributed by atoms with Crippen molar-refractivity contribution in [1.29, 1.82) is 0 Å². The summed E-state index contributed by atoms with van der Waals surface area (Å²) in [7, 11) is 3.50. The van der Waals surface area contributed by atoms with Gasteiger partial charge in [0.15, 0.2) is 5.78 Å². The average molecular weight is 195 g/mol. The molecule has 14 heavy (non-hydrogen) atoms. The van der Waals surface area contributed by atoms with Gasteiger partial charge in [0.25, 0.3) is 0 Å². The Morgan fingerprint density at radius 3 is 2.71 bits per heavy atom. The second-order valence-electron chi connectivity index (χ2n) is 4.68. The number of carbonyl (C=O) groups excluding carboxylic acids is 2. The molecule has 2 aliphatic carbocycles. The van der Waals surface area contributed by atoms with Gasteiger partial charge in [0, 0.05) is 32.4 Å². The Morgan fingerprint density at radius 2 is 2.21 bits per heavy atom. The Kier molecular flexibility index (Phi) is 1.42. The predicted octanol–water partition coefficient (Wildman–Crippen LogP) is -0.323. The van der Waals surface area contributed by atoms with Gasteiger partial charge < -0.3 is 9.64 Å².